The summed E-state index contributed by atoms with van der Waals surface area (Å²) in [5.74, 6) is -0.225. The number of ketones is 1. The minimum atomic E-state index is -0.646. The molecule has 0 spiro atoms. The molecule has 0 radical (unpaired) electrons. The summed E-state index contributed by atoms with van der Waals surface area (Å²) < 4.78 is 1.80. The van der Waals surface area contributed by atoms with Crippen LogP contribution in [0.1, 0.15) is 55.0 Å². The van der Waals surface area contributed by atoms with Crippen molar-refractivity contribution < 1.29 is 9.59 Å². The van der Waals surface area contributed by atoms with Crippen molar-refractivity contribution in [3.8, 4) is 0 Å². The lowest BCUT2D eigenvalue weighted by Crippen LogP contribution is -2.33. The quantitative estimate of drug-likeness (QED) is 0.213. The number of likely N-dealkylation sites (N-methyl/N-ethyl adjacent to an activating group) is 2. The molecular formula is C32H39N5O2. The molecule has 0 aliphatic rings. The number of pyridine rings is 2. The monoisotopic (exact) mass is 525 g/mol. The summed E-state index contributed by atoms with van der Waals surface area (Å²) in [5, 5.41) is 2.80. The highest BCUT2D eigenvalue weighted by Crippen LogP contribution is 2.30. The summed E-state index contributed by atoms with van der Waals surface area (Å²) in [4.78, 5) is 35.5. The van der Waals surface area contributed by atoms with Crippen molar-refractivity contribution in [1.82, 2.24) is 9.38 Å². The largest absolute Gasteiger partial charge is 0.370 e. The smallest absolute Gasteiger partial charge is 0.298 e. The Balaban J connectivity index is 1.44. The molecule has 3 aromatic heterocycles. The summed E-state index contributed by atoms with van der Waals surface area (Å²) in [5.41, 5.74) is 5.72. The summed E-state index contributed by atoms with van der Waals surface area (Å²) >= 11 is 0. The van der Waals surface area contributed by atoms with E-state index < -0.39 is 11.7 Å². The lowest BCUT2D eigenvalue weighted by Gasteiger charge is -2.27. The van der Waals surface area contributed by atoms with Crippen LogP contribution in [0.15, 0.2) is 66.9 Å². The van der Waals surface area contributed by atoms with Crippen molar-refractivity contribution in [2.75, 3.05) is 41.8 Å². The van der Waals surface area contributed by atoms with Crippen LogP contribution >= 0.6 is 0 Å². The first-order chi connectivity index (χ1) is 18.5. The molecular weight excluding hydrogens is 486 g/mol. The average molecular weight is 526 g/mol. The molecule has 39 heavy (non-hydrogen) atoms. The number of carbonyl (C=O) groups excluding carboxylic acids is 2. The van der Waals surface area contributed by atoms with E-state index in [0.29, 0.717) is 11.4 Å². The Hall–Kier alpha value is -4.13. The van der Waals surface area contributed by atoms with Gasteiger partial charge in [-0.2, -0.15) is 0 Å². The Morgan fingerprint density at radius 2 is 1.69 bits per heavy atom. The van der Waals surface area contributed by atoms with Crippen LogP contribution in [0.25, 0.3) is 5.52 Å². The fraction of sp³-hybridized carbons (Fsp3) is 0.344. The average Bonchev–Trinajstić information content (AvgIpc) is 3.29. The third kappa shape index (κ3) is 6.30. The third-order valence-electron chi connectivity index (χ3n) is 6.96. The van der Waals surface area contributed by atoms with Gasteiger partial charge in [0.15, 0.2) is 0 Å². The first kappa shape index (κ1) is 27.9. The lowest BCUT2D eigenvalue weighted by atomic mass is 9.86. The van der Waals surface area contributed by atoms with Gasteiger partial charge in [0.1, 0.15) is 11.5 Å². The Morgan fingerprint density at radius 3 is 2.33 bits per heavy atom. The highest BCUT2D eigenvalue weighted by atomic mass is 16.2. The van der Waals surface area contributed by atoms with E-state index in [9.17, 15) is 9.59 Å². The van der Waals surface area contributed by atoms with E-state index >= 15 is 0 Å². The Kier molecular flexibility index (Phi) is 8.09. The van der Waals surface area contributed by atoms with Gasteiger partial charge in [-0.15, -0.1) is 0 Å². The van der Waals surface area contributed by atoms with Crippen molar-refractivity contribution in [3.05, 3.63) is 89.4 Å². The van der Waals surface area contributed by atoms with Crippen LogP contribution in [-0.4, -0.2) is 47.8 Å². The third-order valence-corrected chi connectivity index (χ3v) is 6.96. The predicted molar refractivity (Wildman–Crippen MR) is 160 cm³/mol. The van der Waals surface area contributed by atoms with Crippen LogP contribution in [0.5, 0.6) is 0 Å². The molecule has 0 atom stereocenters. The number of hydrogen-bond acceptors (Lipinski definition) is 5. The zero-order valence-electron chi connectivity index (χ0n) is 24.1. The van der Waals surface area contributed by atoms with Crippen molar-refractivity contribution in [2.24, 2.45) is 0 Å². The molecule has 1 aromatic carbocycles. The maximum absolute atomic E-state index is 13.4. The van der Waals surface area contributed by atoms with Gasteiger partial charge >= 0.3 is 0 Å². The van der Waals surface area contributed by atoms with E-state index in [1.165, 1.54) is 5.56 Å². The number of amides is 1. The molecule has 0 aliphatic carbocycles. The molecule has 1 amide bonds. The van der Waals surface area contributed by atoms with E-state index in [1.54, 1.807) is 4.40 Å². The summed E-state index contributed by atoms with van der Waals surface area (Å²) in [6, 6.07) is 19.5. The first-order valence-electron chi connectivity index (χ1n) is 13.5. The van der Waals surface area contributed by atoms with E-state index in [2.05, 4.69) is 53.1 Å². The van der Waals surface area contributed by atoms with Crippen LogP contribution in [0.2, 0.25) is 0 Å². The van der Waals surface area contributed by atoms with E-state index in [0.717, 1.165) is 47.9 Å². The molecule has 0 saturated carbocycles. The second kappa shape index (κ2) is 11.3. The molecule has 204 valence electrons. The summed E-state index contributed by atoms with van der Waals surface area (Å²) in [7, 11) is 2.06. The number of carbonyl (C=O) groups is 2. The Morgan fingerprint density at radius 1 is 0.974 bits per heavy atom. The SMILES string of the molecule is CCN(CCN(C)c1cc(C)cc(C)n1)c1ccc(NC(=O)C(=O)c2c(C(C)(C)C)cc3ccccn23)cc1. The molecule has 7 heteroatoms. The second-order valence-corrected chi connectivity index (χ2v) is 11.1. The molecule has 0 fully saturated rings. The number of benzene rings is 1. The van der Waals surface area contributed by atoms with Crippen molar-refractivity contribution in [2.45, 2.75) is 47.0 Å². The van der Waals surface area contributed by atoms with Crippen LogP contribution < -0.4 is 15.1 Å². The molecule has 0 unspecified atom stereocenters. The summed E-state index contributed by atoms with van der Waals surface area (Å²) in [6.07, 6.45) is 1.83. The number of fused-ring (bicyclic) bond motifs is 1. The van der Waals surface area contributed by atoms with Crippen LogP contribution in [0.4, 0.5) is 17.2 Å². The number of Topliss-reactive ketones (excluding diaryl/α,β-unsaturated/α-hetero) is 1. The normalized spacial score (nSPS) is 11.5. The van der Waals surface area contributed by atoms with Gasteiger partial charge in [-0.25, -0.2) is 4.98 Å². The fourth-order valence-electron chi connectivity index (χ4n) is 4.85. The van der Waals surface area contributed by atoms with Crippen molar-refractivity contribution >= 4 is 34.4 Å². The number of rotatable bonds is 9. The molecule has 3 heterocycles. The van der Waals surface area contributed by atoms with Crippen LogP contribution in [0.3, 0.4) is 0 Å². The molecule has 7 nitrogen and oxygen atoms in total. The van der Waals surface area contributed by atoms with Gasteiger partial charge < -0.3 is 19.5 Å². The van der Waals surface area contributed by atoms with Crippen molar-refractivity contribution in [1.29, 1.82) is 0 Å². The maximum atomic E-state index is 13.4. The summed E-state index contributed by atoms with van der Waals surface area (Å²) in [6.45, 7) is 14.8. The number of hydrogen-bond donors (Lipinski definition) is 1. The minimum Gasteiger partial charge on any atom is -0.370 e. The van der Waals surface area contributed by atoms with E-state index in [1.807, 2.05) is 82.4 Å². The van der Waals surface area contributed by atoms with Gasteiger partial charge in [0.25, 0.3) is 11.7 Å². The van der Waals surface area contributed by atoms with Gasteiger partial charge in [0, 0.05) is 55.5 Å². The molecule has 4 rings (SSSR count). The predicted octanol–water partition coefficient (Wildman–Crippen LogP) is 6.03. The van der Waals surface area contributed by atoms with E-state index in [-0.39, 0.29) is 5.41 Å². The first-order valence-corrected chi connectivity index (χ1v) is 13.5. The maximum Gasteiger partial charge on any atom is 0.298 e. The molecule has 0 saturated heterocycles. The molecule has 0 aliphatic heterocycles. The standard InChI is InChI=1S/C32H39N5O2/c1-8-36(18-17-35(7)28-20-22(2)19-23(3)33-28)25-14-12-24(13-15-25)34-31(39)30(38)29-27(32(4,5)6)21-26-11-9-10-16-37(26)29/h9-16,19-21H,8,17-18H2,1-7H3,(H,34,39). The van der Waals surface area contributed by atoms with Gasteiger partial charge in [0.05, 0.1) is 0 Å². The second-order valence-electron chi connectivity index (χ2n) is 11.1. The van der Waals surface area contributed by atoms with E-state index in [4.69, 9.17) is 0 Å². The van der Waals surface area contributed by atoms with Crippen LogP contribution in [0, 0.1) is 13.8 Å². The van der Waals surface area contributed by atoms with Crippen molar-refractivity contribution in [3.63, 3.8) is 0 Å². The number of nitrogens with one attached hydrogen (secondary N) is 1. The fourth-order valence-corrected chi connectivity index (χ4v) is 4.85. The number of aromatic nitrogens is 2. The molecule has 4 aromatic rings. The highest BCUT2D eigenvalue weighted by molar-refractivity contribution is 6.46. The Bertz CT molecular complexity index is 1460. The molecule has 1 N–H and O–H groups in total. The zero-order chi connectivity index (χ0) is 28.3. The van der Waals surface area contributed by atoms with Gasteiger partial charge in [-0.05, 0) is 91.9 Å². The number of anilines is 3. The van der Waals surface area contributed by atoms with Gasteiger partial charge in [0.2, 0.25) is 0 Å². The number of nitrogens with zero attached hydrogens (tertiary/aromatic N) is 4. The minimum absolute atomic E-state index is 0.287. The molecule has 0 bridgehead atoms. The highest BCUT2D eigenvalue weighted by Gasteiger charge is 2.29. The lowest BCUT2D eigenvalue weighted by molar-refractivity contribution is -0.112. The zero-order valence-corrected chi connectivity index (χ0v) is 24.1. The Labute approximate surface area is 231 Å². The van der Waals surface area contributed by atoms with Crippen LogP contribution in [-0.2, 0) is 10.2 Å². The van der Waals surface area contributed by atoms with Gasteiger partial charge in [-0.1, -0.05) is 26.8 Å². The number of aryl methyl sites for hydroxylation is 2. The topological polar surface area (TPSA) is 69.9 Å². The van der Waals surface area contributed by atoms with Gasteiger partial charge in [-0.3, -0.25) is 9.59 Å².